The van der Waals surface area contributed by atoms with E-state index in [1.165, 1.54) is 19.3 Å². The van der Waals surface area contributed by atoms with Gasteiger partial charge in [0.15, 0.2) is 5.65 Å². The summed E-state index contributed by atoms with van der Waals surface area (Å²) < 4.78 is 1.95. The minimum absolute atomic E-state index is 0.105. The second-order valence-corrected chi connectivity index (χ2v) is 7.84. The van der Waals surface area contributed by atoms with Crippen LogP contribution in [0.2, 0.25) is 0 Å². The first-order valence-electron chi connectivity index (χ1n) is 10.3. The van der Waals surface area contributed by atoms with Crippen molar-refractivity contribution in [2.45, 2.75) is 51.1 Å². The molecule has 0 bridgehead atoms. The summed E-state index contributed by atoms with van der Waals surface area (Å²) in [5.41, 5.74) is 2.05. The van der Waals surface area contributed by atoms with Crippen molar-refractivity contribution in [2.75, 3.05) is 32.7 Å². The standard InChI is InChI=1S/C20H30N6O/c1-15-5-2-3-11-25(15)14-18(27)22-10-12-26-20-17(6-4-8-23-20)19(24-26)16-7-9-21-13-16/h4,6,8,15-16,21H,2-3,5,7,9-14H2,1H3,(H,22,27). The fourth-order valence-electron chi connectivity index (χ4n) is 4.31. The van der Waals surface area contributed by atoms with Gasteiger partial charge in [-0.05, 0) is 51.4 Å². The molecule has 27 heavy (non-hydrogen) atoms. The Bertz CT molecular complexity index is 782. The molecule has 2 fully saturated rings. The third-order valence-electron chi connectivity index (χ3n) is 5.92. The molecular weight excluding hydrogens is 340 g/mol. The summed E-state index contributed by atoms with van der Waals surface area (Å²) in [5, 5.41) is 12.5. The lowest BCUT2D eigenvalue weighted by molar-refractivity contribution is -0.123. The first-order valence-corrected chi connectivity index (χ1v) is 10.3. The maximum absolute atomic E-state index is 12.3. The molecule has 1 amide bonds. The van der Waals surface area contributed by atoms with Crippen LogP contribution in [0, 0.1) is 0 Å². The highest BCUT2D eigenvalue weighted by molar-refractivity contribution is 5.79. The van der Waals surface area contributed by atoms with Crippen molar-refractivity contribution in [2.24, 2.45) is 0 Å². The van der Waals surface area contributed by atoms with E-state index >= 15 is 0 Å². The predicted octanol–water partition coefficient (Wildman–Crippen LogP) is 1.50. The summed E-state index contributed by atoms with van der Waals surface area (Å²) in [6.45, 7) is 6.99. The number of likely N-dealkylation sites (tertiary alicyclic amines) is 1. The van der Waals surface area contributed by atoms with Crippen LogP contribution in [0.15, 0.2) is 18.3 Å². The SMILES string of the molecule is CC1CCCCN1CC(=O)NCCn1nc(C2CCNC2)c2cccnc21. The van der Waals surface area contributed by atoms with E-state index in [0.29, 0.717) is 31.6 Å². The molecule has 2 atom stereocenters. The Balaban J connectivity index is 1.37. The number of hydrogen-bond donors (Lipinski definition) is 2. The zero-order chi connectivity index (χ0) is 18.6. The number of hydrogen-bond acceptors (Lipinski definition) is 5. The van der Waals surface area contributed by atoms with Gasteiger partial charge >= 0.3 is 0 Å². The molecule has 2 aromatic rings. The maximum Gasteiger partial charge on any atom is 0.234 e. The molecule has 2 N–H and O–H groups in total. The Morgan fingerprint density at radius 2 is 2.30 bits per heavy atom. The summed E-state index contributed by atoms with van der Waals surface area (Å²) in [4.78, 5) is 19.1. The van der Waals surface area contributed by atoms with Gasteiger partial charge in [0.2, 0.25) is 5.91 Å². The van der Waals surface area contributed by atoms with Gasteiger partial charge in [-0.3, -0.25) is 9.69 Å². The monoisotopic (exact) mass is 370 g/mol. The average molecular weight is 371 g/mol. The largest absolute Gasteiger partial charge is 0.353 e. The van der Waals surface area contributed by atoms with E-state index in [1.54, 1.807) is 0 Å². The van der Waals surface area contributed by atoms with Gasteiger partial charge in [0.25, 0.3) is 0 Å². The van der Waals surface area contributed by atoms with Crippen LogP contribution in [0.25, 0.3) is 11.0 Å². The Labute approximate surface area is 160 Å². The summed E-state index contributed by atoms with van der Waals surface area (Å²) in [7, 11) is 0. The van der Waals surface area contributed by atoms with Gasteiger partial charge in [0.1, 0.15) is 0 Å². The van der Waals surface area contributed by atoms with E-state index in [0.717, 1.165) is 42.8 Å². The maximum atomic E-state index is 12.3. The van der Waals surface area contributed by atoms with Crippen molar-refractivity contribution in [1.29, 1.82) is 0 Å². The number of nitrogens with zero attached hydrogens (tertiary/aromatic N) is 4. The topological polar surface area (TPSA) is 75.1 Å². The van der Waals surface area contributed by atoms with Gasteiger partial charge in [0, 0.05) is 36.6 Å². The molecule has 2 unspecified atom stereocenters. The second kappa shape index (κ2) is 8.35. The van der Waals surface area contributed by atoms with E-state index < -0.39 is 0 Å². The Morgan fingerprint density at radius 1 is 1.37 bits per heavy atom. The molecule has 0 aromatic carbocycles. The summed E-state index contributed by atoms with van der Waals surface area (Å²) in [5.74, 6) is 0.557. The third-order valence-corrected chi connectivity index (χ3v) is 5.92. The Hall–Kier alpha value is -1.99. The molecule has 7 nitrogen and oxygen atoms in total. The predicted molar refractivity (Wildman–Crippen MR) is 106 cm³/mol. The minimum Gasteiger partial charge on any atom is -0.353 e. The number of carbonyl (C=O) groups is 1. The number of rotatable bonds is 6. The summed E-state index contributed by atoms with van der Waals surface area (Å²) in [6, 6.07) is 4.59. The summed E-state index contributed by atoms with van der Waals surface area (Å²) in [6.07, 6.45) is 6.59. The van der Waals surface area contributed by atoms with Gasteiger partial charge < -0.3 is 10.6 Å². The Kier molecular flexibility index (Phi) is 5.69. The van der Waals surface area contributed by atoms with Gasteiger partial charge in [-0.15, -0.1) is 0 Å². The number of pyridine rings is 1. The van der Waals surface area contributed by atoms with E-state index in [4.69, 9.17) is 5.10 Å². The molecule has 2 aliphatic rings. The number of piperidine rings is 1. The van der Waals surface area contributed by atoms with E-state index in [1.807, 2.05) is 16.9 Å². The molecular formula is C20H30N6O. The number of nitrogens with one attached hydrogen (secondary N) is 2. The van der Waals surface area contributed by atoms with Crippen LogP contribution in [0.1, 0.15) is 44.2 Å². The number of fused-ring (bicyclic) bond motifs is 1. The zero-order valence-electron chi connectivity index (χ0n) is 16.2. The molecule has 0 radical (unpaired) electrons. The van der Waals surface area contributed by atoms with E-state index in [9.17, 15) is 4.79 Å². The first kappa shape index (κ1) is 18.4. The molecule has 0 aliphatic carbocycles. The Morgan fingerprint density at radius 3 is 3.11 bits per heavy atom. The van der Waals surface area contributed by atoms with Crippen LogP contribution in [0.5, 0.6) is 0 Å². The lowest BCUT2D eigenvalue weighted by Gasteiger charge is -2.32. The zero-order valence-corrected chi connectivity index (χ0v) is 16.2. The molecule has 4 heterocycles. The van der Waals surface area contributed by atoms with Crippen LogP contribution in [0.4, 0.5) is 0 Å². The smallest absolute Gasteiger partial charge is 0.234 e. The highest BCUT2D eigenvalue weighted by Gasteiger charge is 2.24. The van der Waals surface area contributed by atoms with Crippen LogP contribution in [0.3, 0.4) is 0 Å². The quantitative estimate of drug-likeness (QED) is 0.806. The fraction of sp³-hybridized carbons (Fsp3) is 0.650. The molecule has 4 rings (SSSR count). The van der Waals surface area contributed by atoms with Gasteiger partial charge in [0.05, 0.1) is 18.8 Å². The molecule has 146 valence electrons. The minimum atomic E-state index is 0.105. The molecule has 0 saturated carbocycles. The fourth-order valence-corrected chi connectivity index (χ4v) is 4.31. The highest BCUT2D eigenvalue weighted by atomic mass is 16.2. The average Bonchev–Trinajstić information content (AvgIpc) is 3.32. The van der Waals surface area contributed by atoms with Crippen molar-refractivity contribution in [3.63, 3.8) is 0 Å². The van der Waals surface area contributed by atoms with Crippen molar-refractivity contribution >= 4 is 16.9 Å². The second-order valence-electron chi connectivity index (χ2n) is 7.84. The van der Waals surface area contributed by atoms with Gasteiger partial charge in [-0.1, -0.05) is 6.42 Å². The summed E-state index contributed by atoms with van der Waals surface area (Å²) >= 11 is 0. The van der Waals surface area contributed by atoms with Crippen molar-refractivity contribution in [3.05, 3.63) is 24.0 Å². The number of amides is 1. The number of aromatic nitrogens is 3. The molecule has 7 heteroatoms. The van der Waals surface area contributed by atoms with Crippen LogP contribution in [-0.2, 0) is 11.3 Å². The van der Waals surface area contributed by atoms with Crippen molar-refractivity contribution in [3.8, 4) is 0 Å². The molecule has 0 spiro atoms. The molecule has 2 aromatic heterocycles. The van der Waals surface area contributed by atoms with Gasteiger partial charge in [-0.2, -0.15) is 5.10 Å². The lowest BCUT2D eigenvalue weighted by atomic mass is 10.0. The van der Waals surface area contributed by atoms with Crippen molar-refractivity contribution in [1.82, 2.24) is 30.3 Å². The van der Waals surface area contributed by atoms with E-state index in [2.05, 4.69) is 33.5 Å². The first-order chi connectivity index (χ1) is 13.2. The highest BCUT2D eigenvalue weighted by Crippen LogP contribution is 2.27. The third kappa shape index (κ3) is 4.14. The molecule has 2 saturated heterocycles. The molecule has 2 aliphatic heterocycles. The van der Waals surface area contributed by atoms with Crippen LogP contribution >= 0.6 is 0 Å². The van der Waals surface area contributed by atoms with E-state index in [-0.39, 0.29) is 5.91 Å². The normalized spacial score (nSPS) is 23.7. The van der Waals surface area contributed by atoms with Crippen molar-refractivity contribution < 1.29 is 4.79 Å². The van der Waals surface area contributed by atoms with Gasteiger partial charge in [-0.25, -0.2) is 9.67 Å². The lowest BCUT2D eigenvalue weighted by Crippen LogP contribution is -2.44. The van der Waals surface area contributed by atoms with Crippen LogP contribution in [-0.4, -0.2) is 64.3 Å². The number of carbonyl (C=O) groups excluding carboxylic acids is 1. The van der Waals surface area contributed by atoms with Crippen LogP contribution < -0.4 is 10.6 Å².